The Morgan fingerprint density at radius 3 is 2.57 bits per heavy atom. The summed E-state index contributed by atoms with van der Waals surface area (Å²) in [6.07, 6.45) is 8.08. The highest BCUT2D eigenvalue weighted by Gasteiger charge is 2.22. The molecule has 2 saturated heterocycles. The third kappa shape index (κ3) is 4.06. The molecule has 4 heterocycles. The number of morpholine rings is 1. The van der Waals surface area contributed by atoms with Crippen molar-refractivity contribution in [2.45, 2.75) is 13.3 Å². The molecule has 0 atom stereocenters. The Kier molecular flexibility index (Phi) is 5.66. The molecule has 0 saturated carbocycles. The SMILES string of the molecule is Cc1cnccc1N1CCCN(c2cncc(C(=O)N3CCOCC3)n2)CC1. The van der Waals surface area contributed by atoms with Gasteiger partial charge >= 0.3 is 0 Å². The molecule has 0 unspecified atom stereocenters. The van der Waals surface area contributed by atoms with Gasteiger partial charge in [-0.15, -0.1) is 0 Å². The number of rotatable bonds is 3. The second-order valence-corrected chi connectivity index (χ2v) is 7.16. The first kappa shape index (κ1) is 18.6. The molecule has 0 spiro atoms. The van der Waals surface area contributed by atoms with E-state index >= 15 is 0 Å². The average molecular weight is 382 g/mol. The number of carbonyl (C=O) groups excluding carboxylic acids is 1. The maximum atomic E-state index is 12.7. The van der Waals surface area contributed by atoms with Crippen molar-refractivity contribution < 1.29 is 9.53 Å². The van der Waals surface area contributed by atoms with Crippen molar-refractivity contribution in [3.63, 3.8) is 0 Å². The van der Waals surface area contributed by atoms with Crippen LogP contribution < -0.4 is 9.80 Å². The summed E-state index contributed by atoms with van der Waals surface area (Å²) in [6, 6.07) is 2.08. The summed E-state index contributed by atoms with van der Waals surface area (Å²) in [4.78, 5) is 32.2. The number of anilines is 2. The highest BCUT2D eigenvalue weighted by Crippen LogP contribution is 2.21. The fourth-order valence-corrected chi connectivity index (χ4v) is 3.75. The smallest absolute Gasteiger partial charge is 0.274 e. The van der Waals surface area contributed by atoms with Gasteiger partial charge in [0, 0.05) is 57.3 Å². The number of aryl methyl sites for hydroxylation is 1. The molecule has 0 bridgehead atoms. The third-order valence-electron chi connectivity index (χ3n) is 5.29. The summed E-state index contributed by atoms with van der Waals surface area (Å²) in [7, 11) is 0. The predicted molar refractivity (Wildman–Crippen MR) is 107 cm³/mol. The quantitative estimate of drug-likeness (QED) is 0.794. The number of aromatic nitrogens is 3. The standard InChI is InChI=1S/C20H26N6O2/c1-16-13-21-4-3-18(16)24-5-2-6-25(8-7-24)19-15-22-14-17(23-19)20(27)26-9-11-28-12-10-26/h3-4,13-15H,2,5-12H2,1H3. The van der Waals surface area contributed by atoms with Gasteiger partial charge < -0.3 is 19.4 Å². The van der Waals surface area contributed by atoms with Crippen LogP contribution in [-0.4, -0.2) is 78.2 Å². The van der Waals surface area contributed by atoms with E-state index < -0.39 is 0 Å². The zero-order chi connectivity index (χ0) is 19.3. The van der Waals surface area contributed by atoms with Crippen molar-refractivity contribution in [2.24, 2.45) is 0 Å². The largest absolute Gasteiger partial charge is 0.378 e. The molecule has 148 valence electrons. The lowest BCUT2D eigenvalue weighted by molar-refractivity contribution is 0.0299. The zero-order valence-corrected chi connectivity index (χ0v) is 16.3. The van der Waals surface area contributed by atoms with E-state index in [0.29, 0.717) is 32.0 Å². The van der Waals surface area contributed by atoms with Gasteiger partial charge in [-0.25, -0.2) is 4.98 Å². The average Bonchev–Trinajstić information content (AvgIpc) is 3.00. The molecule has 2 fully saturated rings. The normalized spacial score (nSPS) is 18.1. The van der Waals surface area contributed by atoms with Crippen molar-refractivity contribution in [3.8, 4) is 0 Å². The minimum atomic E-state index is -0.0680. The van der Waals surface area contributed by atoms with E-state index in [9.17, 15) is 4.79 Å². The lowest BCUT2D eigenvalue weighted by Gasteiger charge is -2.27. The molecule has 4 rings (SSSR count). The zero-order valence-electron chi connectivity index (χ0n) is 16.3. The molecule has 0 aromatic carbocycles. The number of nitrogens with zero attached hydrogens (tertiary/aromatic N) is 6. The Bertz CT molecular complexity index is 824. The second kappa shape index (κ2) is 8.52. The summed E-state index contributed by atoms with van der Waals surface area (Å²) < 4.78 is 5.33. The van der Waals surface area contributed by atoms with Gasteiger partial charge in [0.25, 0.3) is 5.91 Å². The Labute approximate surface area is 165 Å². The van der Waals surface area contributed by atoms with Crippen molar-refractivity contribution in [2.75, 3.05) is 62.3 Å². The molecular formula is C20H26N6O2. The van der Waals surface area contributed by atoms with Crippen molar-refractivity contribution >= 4 is 17.4 Å². The van der Waals surface area contributed by atoms with Gasteiger partial charge in [-0.2, -0.15) is 0 Å². The van der Waals surface area contributed by atoms with E-state index in [-0.39, 0.29) is 5.91 Å². The van der Waals surface area contributed by atoms with Crippen LogP contribution in [0.5, 0.6) is 0 Å². The number of carbonyl (C=O) groups is 1. The molecule has 2 aliphatic heterocycles. The highest BCUT2D eigenvalue weighted by atomic mass is 16.5. The van der Waals surface area contributed by atoms with Gasteiger partial charge in [-0.1, -0.05) is 0 Å². The fraction of sp³-hybridized carbons (Fsp3) is 0.500. The van der Waals surface area contributed by atoms with E-state index in [1.807, 2.05) is 12.4 Å². The van der Waals surface area contributed by atoms with Crippen LogP contribution in [0.1, 0.15) is 22.5 Å². The molecule has 2 aliphatic rings. The first-order valence-electron chi connectivity index (χ1n) is 9.82. The first-order valence-corrected chi connectivity index (χ1v) is 9.82. The van der Waals surface area contributed by atoms with Gasteiger partial charge in [-0.05, 0) is 25.0 Å². The number of hydrogen-bond acceptors (Lipinski definition) is 7. The second-order valence-electron chi connectivity index (χ2n) is 7.16. The number of ether oxygens (including phenoxy) is 1. The van der Waals surface area contributed by atoms with E-state index in [1.165, 1.54) is 11.3 Å². The topological polar surface area (TPSA) is 74.7 Å². The molecule has 0 radical (unpaired) electrons. The van der Waals surface area contributed by atoms with Crippen LogP contribution in [0.3, 0.4) is 0 Å². The van der Waals surface area contributed by atoms with E-state index in [2.05, 4.69) is 37.7 Å². The van der Waals surface area contributed by atoms with E-state index in [0.717, 1.165) is 38.4 Å². The first-order chi connectivity index (χ1) is 13.7. The van der Waals surface area contributed by atoms with Gasteiger partial charge in [0.1, 0.15) is 11.5 Å². The lowest BCUT2D eigenvalue weighted by atomic mass is 10.2. The molecule has 2 aromatic rings. The highest BCUT2D eigenvalue weighted by molar-refractivity contribution is 5.92. The molecule has 8 heteroatoms. The van der Waals surface area contributed by atoms with Crippen LogP contribution in [0.25, 0.3) is 0 Å². The van der Waals surface area contributed by atoms with Crippen LogP contribution in [0.4, 0.5) is 11.5 Å². The van der Waals surface area contributed by atoms with Gasteiger partial charge in [-0.3, -0.25) is 14.8 Å². The Morgan fingerprint density at radius 1 is 0.964 bits per heavy atom. The number of hydrogen-bond donors (Lipinski definition) is 0. The summed E-state index contributed by atoms with van der Waals surface area (Å²) in [5, 5.41) is 0. The molecule has 2 aromatic heterocycles. The van der Waals surface area contributed by atoms with Crippen LogP contribution in [0.15, 0.2) is 30.9 Å². The van der Waals surface area contributed by atoms with Crippen LogP contribution in [0, 0.1) is 6.92 Å². The molecule has 0 N–H and O–H groups in total. The Morgan fingerprint density at radius 2 is 1.75 bits per heavy atom. The number of pyridine rings is 1. The van der Waals surface area contributed by atoms with E-state index in [4.69, 9.17) is 4.74 Å². The van der Waals surface area contributed by atoms with Gasteiger partial charge in [0.15, 0.2) is 0 Å². The fourth-order valence-electron chi connectivity index (χ4n) is 3.75. The molecule has 8 nitrogen and oxygen atoms in total. The summed E-state index contributed by atoms with van der Waals surface area (Å²) in [6.45, 7) is 8.08. The van der Waals surface area contributed by atoms with Crippen LogP contribution in [-0.2, 0) is 4.74 Å². The summed E-state index contributed by atoms with van der Waals surface area (Å²) in [5.41, 5.74) is 2.83. The number of amides is 1. The monoisotopic (exact) mass is 382 g/mol. The third-order valence-corrected chi connectivity index (χ3v) is 5.29. The van der Waals surface area contributed by atoms with Crippen LogP contribution in [0.2, 0.25) is 0 Å². The predicted octanol–water partition coefficient (Wildman–Crippen LogP) is 1.37. The van der Waals surface area contributed by atoms with Gasteiger partial charge in [0.2, 0.25) is 0 Å². The van der Waals surface area contributed by atoms with Crippen molar-refractivity contribution in [3.05, 3.63) is 42.1 Å². The van der Waals surface area contributed by atoms with Crippen LogP contribution >= 0.6 is 0 Å². The molecular weight excluding hydrogens is 356 g/mol. The minimum Gasteiger partial charge on any atom is -0.378 e. The maximum Gasteiger partial charge on any atom is 0.274 e. The summed E-state index contributed by atoms with van der Waals surface area (Å²) >= 11 is 0. The lowest BCUT2D eigenvalue weighted by Crippen LogP contribution is -2.41. The maximum absolute atomic E-state index is 12.7. The molecule has 1 amide bonds. The van der Waals surface area contributed by atoms with E-state index in [1.54, 1.807) is 17.3 Å². The van der Waals surface area contributed by atoms with Crippen molar-refractivity contribution in [1.29, 1.82) is 0 Å². The Balaban J connectivity index is 1.46. The van der Waals surface area contributed by atoms with Crippen molar-refractivity contribution in [1.82, 2.24) is 19.9 Å². The molecule has 28 heavy (non-hydrogen) atoms. The molecule has 0 aliphatic carbocycles. The Hall–Kier alpha value is -2.74. The minimum absolute atomic E-state index is 0.0680. The van der Waals surface area contributed by atoms with Gasteiger partial charge in [0.05, 0.1) is 25.6 Å². The summed E-state index contributed by atoms with van der Waals surface area (Å²) in [5.74, 6) is 0.703.